The number of hydrogen-bond acceptors (Lipinski definition) is 3. The molecule has 2 fully saturated rings. The van der Waals surface area contributed by atoms with Crippen LogP contribution in [0.25, 0.3) is 0 Å². The molecule has 2 saturated heterocycles. The van der Waals surface area contributed by atoms with Crippen LogP contribution in [0.5, 0.6) is 5.75 Å². The van der Waals surface area contributed by atoms with Crippen LogP contribution in [0.3, 0.4) is 0 Å². The fraction of sp³-hybridized carbons (Fsp3) is 0.600. The standard InChI is InChI=1S/C15H19ClF2N2O.ClH/c16-13-1-2-14(21-15(17)18)11(5-13)8-20-4-3-10-6-19-7-12(10)9-20;/h1-2,5,10,12,15,19H,3-4,6-9H2;1H. The number of nitrogens with one attached hydrogen (secondary N) is 1. The van der Waals surface area contributed by atoms with Crippen molar-refractivity contribution in [3.8, 4) is 5.75 Å². The summed E-state index contributed by atoms with van der Waals surface area (Å²) in [5, 5.41) is 3.97. The third kappa shape index (κ3) is 4.22. The topological polar surface area (TPSA) is 24.5 Å². The molecule has 3 rings (SSSR count). The molecule has 1 aromatic carbocycles. The molecule has 2 aliphatic heterocycles. The highest BCUT2D eigenvalue weighted by atomic mass is 35.5. The van der Waals surface area contributed by atoms with E-state index in [1.807, 2.05) is 0 Å². The summed E-state index contributed by atoms with van der Waals surface area (Å²) < 4.78 is 29.6. The van der Waals surface area contributed by atoms with Crippen LogP contribution in [0.2, 0.25) is 5.02 Å². The Balaban J connectivity index is 0.00000176. The summed E-state index contributed by atoms with van der Waals surface area (Å²) in [7, 11) is 0. The summed E-state index contributed by atoms with van der Waals surface area (Å²) in [6.45, 7) is 1.94. The number of nitrogens with zero attached hydrogens (tertiary/aromatic N) is 1. The van der Waals surface area contributed by atoms with Gasteiger partial charge in [-0.05, 0) is 56.1 Å². The number of likely N-dealkylation sites (tertiary alicyclic amines) is 1. The molecule has 0 amide bonds. The van der Waals surface area contributed by atoms with Crippen LogP contribution in [0.15, 0.2) is 18.2 Å². The van der Waals surface area contributed by atoms with Crippen LogP contribution in [-0.2, 0) is 6.54 Å². The molecule has 2 aliphatic rings. The lowest BCUT2D eigenvalue weighted by atomic mass is 9.88. The van der Waals surface area contributed by atoms with Crippen LogP contribution in [0, 0.1) is 11.8 Å². The molecule has 2 atom stereocenters. The van der Waals surface area contributed by atoms with Gasteiger partial charge in [-0.3, -0.25) is 4.90 Å². The fourth-order valence-corrected chi connectivity index (χ4v) is 3.57. The maximum absolute atomic E-state index is 12.5. The first-order valence-corrected chi connectivity index (χ1v) is 7.66. The minimum Gasteiger partial charge on any atom is -0.434 e. The van der Waals surface area contributed by atoms with Gasteiger partial charge in [-0.15, -0.1) is 12.4 Å². The largest absolute Gasteiger partial charge is 0.434 e. The number of fused-ring (bicyclic) bond motifs is 1. The third-order valence-electron chi connectivity index (χ3n) is 4.42. The van der Waals surface area contributed by atoms with Gasteiger partial charge in [0.25, 0.3) is 0 Å². The van der Waals surface area contributed by atoms with Crippen LogP contribution < -0.4 is 10.1 Å². The third-order valence-corrected chi connectivity index (χ3v) is 4.66. The lowest BCUT2D eigenvalue weighted by Crippen LogP contribution is -2.39. The van der Waals surface area contributed by atoms with Crippen molar-refractivity contribution in [2.24, 2.45) is 11.8 Å². The highest BCUT2D eigenvalue weighted by Gasteiger charge is 2.32. The summed E-state index contributed by atoms with van der Waals surface area (Å²) in [4.78, 5) is 2.30. The Labute approximate surface area is 140 Å². The zero-order valence-electron chi connectivity index (χ0n) is 12.1. The van der Waals surface area contributed by atoms with Crippen molar-refractivity contribution < 1.29 is 13.5 Å². The van der Waals surface area contributed by atoms with Gasteiger partial charge in [-0.25, -0.2) is 0 Å². The highest BCUT2D eigenvalue weighted by molar-refractivity contribution is 6.30. The van der Waals surface area contributed by atoms with E-state index in [2.05, 4.69) is 15.0 Å². The molecule has 2 heterocycles. The van der Waals surface area contributed by atoms with Crippen molar-refractivity contribution in [1.82, 2.24) is 10.2 Å². The van der Waals surface area contributed by atoms with E-state index in [1.165, 1.54) is 6.07 Å². The first-order chi connectivity index (χ1) is 10.1. The van der Waals surface area contributed by atoms with Gasteiger partial charge in [0, 0.05) is 23.7 Å². The van der Waals surface area contributed by atoms with E-state index in [0.29, 0.717) is 17.5 Å². The quantitative estimate of drug-likeness (QED) is 0.898. The van der Waals surface area contributed by atoms with Crippen LogP contribution >= 0.6 is 24.0 Å². The number of halogens is 4. The average molecular weight is 353 g/mol. The molecule has 3 nitrogen and oxygen atoms in total. The maximum Gasteiger partial charge on any atom is 0.387 e. The van der Waals surface area contributed by atoms with E-state index in [1.54, 1.807) is 12.1 Å². The van der Waals surface area contributed by atoms with E-state index in [0.717, 1.165) is 44.1 Å². The first kappa shape index (κ1) is 17.7. The van der Waals surface area contributed by atoms with Gasteiger partial charge in [0.15, 0.2) is 0 Å². The number of alkyl halides is 2. The minimum absolute atomic E-state index is 0. The van der Waals surface area contributed by atoms with Crippen molar-refractivity contribution in [2.45, 2.75) is 19.6 Å². The number of ether oxygens (including phenoxy) is 1. The lowest BCUT2D eigenvalue weighted by molar-refractivity contribution is -0.0509. The van der Waals surface area contributed by atoms with Gasteiger partial charge >= 0.3 is 6.61 Å². The van der Waals surface area contributed by atoms with Crippen molar-refractivity contribution in [2.75, 3.05) is 26.2 Å². The fourth-order valence-electron chi connectivity index (χ4n) is 3.38. The summed E-state index contributed by atoms with van der Waals surface area (Å²) in [6, 6.07) is 4.82. The van der Waals surface area contributed by atoms with Crippen molar-refractivity contribution in [1.29, 1.82) is 0 Å². The summed E-state index contributed by atoms with van der Waals surface area (Å²) in [5.41, 5.74) is 0.729. The molecule has 0 spiro atoms. The Morgan fingerprint density at radius 1 is 1.32 bits per heavy atom. The van der Waals surface area contributed by atoms with Gasteiger partial charge in [0.1, 0.15) is 5.75 Å². The second-order valence-corrected chi connectivity index (χ2v) is 6.27. The molecule has 0 aromatic heterocycles. The predicted octanol–water partition coefficient (Wildman–Crippen LogP) is 3.40. The molecular formula is C15H20Cl2F2N2O. The van der Waals surface area contributed by atoms with Crippen LogP contribution in [-0.4, -0.2) is 37.7 Å². The summed E-state index contributed by atoms with van der Waals surface area (Å²) >= 11 is 5.99. The monoisotopic (exact) mass is 352 g/mol. The van der Waals surface area contributed by atoms with E-state index >= 15 is 0 Å². The molecule has 124 valence electrons. The molecular weight excluding hydrogens is 333 g/mol. The minimum atomic E-state index is -2.81. The van der Waals surface area contributed by atoms with E-state index in [4.69, 9.17) is 11.6 Å². The highest BCUT2D eigenvalue weighted by Crippen LogP contribution is 2.30. The molecule has 7 heteroatoms. The summed E-state index contributed by atoms with van der Waals surface area (Å²) in [5.74, 6) is 1.65. The predicted molar refractivity (Wildman–Crippen MR) is 85.1 cm³/mol. The SMILES string of the molecule is Cl.FC(F)Oc1ccc(Cl)cc1CN1CCC2CNCC2C1. The van der Waals surface area contributed by atoms with Gasteiger partial charge < -0.3 is 10.1 Å². The van der Waals surface area contributed by atoms with Crippen molar-refractivity contribution in [3.63, 3.8) is 0 Å². The smallest absolute Gasteiger partial charge is 0.387 e. The second kappa shape index (κ2) is 7.77. The Morgan fingerprint density at radius 3 is 2.86 bits per heavy atom. The Kier molecular flexibility index (Phi) is 6.26. The van der Waals surface area contributed by atoms with E-state index < -0.39 is 6.61 Å². The Bertz CT molecular complexity index is 504. The van der Waals surface area contributed by atoms with Gasteiger partial charge in [0.2, 0.25) is 0 Å². The Morgan fingerprint density at radius 2 is 2.09 bits per heavy atom. The molecule has 22 heavy (non-hydrogen) atoms. The number of rotatable bonds is 4. The molecule has 2 unspecified atom stereocenters. The molecule has 0 aliphatic carbocycles. The van der Waals surface area contributed by atoms with E-state index in [-0.39, 0.29) is 18.2 Å². The Hall–Kier alpha value is -0.620. The number of benzene rings is 1. The average Bonchev–Trinajstić information content (AvgIpc) is 2.89. The molecule has 1 N–H and O–H groups in total. The van der Waals surface area contributed by atoms with Crippen molar-refractivity contribution in [3.05, 3.63) is 28.8 Å². The molecule has 0 saturated carbocycles. The second-order valence-electron chi connectivity index (χ2n) is 5.83. The number of piperidine rings is 1. The van der Waals surface area contributed by atoms with Crippen LogP contribution in [0.1, 0.15) is 12.0 Å². The van der Waals surface area contributed by atoms with Crippen molar-refractivity contribution >= 4 is 24.0 Å². The maximum atomic E-state index is 12.5. The molecule has 1 aromatic rings. The van der Waals surface area contributed by atoms with Gasteiger partial charge in [-0.2, -0.15) is 8.78 Å². The van der Waals surface area contributed by atoms with E-state index in [9.17, 15) is 8.78 Å². The normalized spacial score (nSPS) is 24.9. The molecule has 0 bridgehead atoms. The molecule has 0 radical (unpaired) electrons. The van der Waals surface area contributed by atoms with Gasteiger partial charge in [-0.1, -0.05) is 11.6 Å². The summed E-state index contributed by atoms with van der Waals surface area (Å²) in [6.07, 6.45) is 1.16. The number of hydrogen-bond donors (Lipinski definition) is 1. The van der Waals surface area contributed by atoms with Gasteiger partial charge in [0.05, 0.1) is 0 Å². The lowest BCUT2D eigenvalue weighted by Gasteiger charge is -2.34. The van der Waals surface area contributed by atoms with Crippen LogP contribution in [0.4, 0.5) is 8.78 Å². The zero-order chi connectivity index (χ0) is 14.8. The first-order valence-electron chi connectivity index (χ1n) is 7.28. The zero-order valence-corrected chi connectivity index (χ0v) is 13.7.